The third-order valence-corrected chi connectivity index (χ3v) is 4.20. The molecule has 6 heteroatoms. The summed E-state index contributed by atoms with van der Waals surface area (Å²) in [6, 6.07) is 5.56. The van der Waals surface area contributed by atoms with Gasteiger partial charge in [0, 0.05) is 17.0 Å². The lowest BCUT2D eigenvalue weighted by Crippen LogP contribution is -2.25. The van der Waals surface area contributed by atoms with Crippen LogP contribution in [0.15, 0.2) is 23.6 Å². The van der Waals surface area contributed by atoms with Crippen molar-refractivity contribution in [2.45, 2.75) is 32.4 Å². The van der Waals surface area contributed by atoms with E-state index in [9.17, 15) is 4.79 Å². The summed E-state index contributed by atoms with van der Waals surface area (Å²) in [4.78, 5) is 16.4. The molecule has 1 aliphatic carbocycles. The molecule has 116 valence electrons. The predicted octanol–water partition coefficient (Wildman–Crippen LogP) is 2.93. The lowest BCUT2D eigenvalue weighted by Gasteiger charge is -2.11. The van der Waals surface area contributed by atoms with Gasteiger partial charge >= 0.3 is 0 Å². The highest BCUT2D eigenvalue weighted by Crippen LogP contribution is 2.29. The molecule has 0 unspecified atom stereocenters. The maximum absolute atomic E-state index is 12.0. The molecule has 1 heterocycles. The monoisotopic (exact) mass is 318 g/mol. The standard InChI is InChI=1S/C16H18N2O3S/c1-10-17-13(9-22-10)8-21-14-6-3-11(7-15(14)20-2)16(19)18-12-4-5-12/h3,6-7,9,12H,4-5,8H2,1-2H3,(H,18,19). The third kappa shape index (κ3) is 3.57. The molecule has 1 fully saturated rings. The maximum Gasteiger partial charge on any atom is 0.251 e. The first kappa shape index (κ1) is 14.8. The highest BCUT2D eigenvalue weighted by molar-refractivity contribution is 7.09. The minimum atomic E-state index is -0.0672. The summed E-state index contributed by atoms with van der Waals surface area (Å²) < 4.78 is 11.1. The number of thiazole rings is 1. The smallest absolute Gasteiger partial charge is 0.251 e. The van der Waals surface area contributed by atoms with E-state index in [1.807, 2.05) is 12.3 Å². The van der Waals surface area contributed by atoms with Crippen molar-refractivity contribution in [3.05, 3.63) is 39.8 Å². The fourth-order valence-electron chi connectivity index (χ4n) is 2.05. The number of nitrogens with zero attached hydrogens (tertiary/aromatic N) is 1. The van der Waals surface area contributed by atoms with Crippen molar-refractivity contribution < 1.29 is 14.3 Å². The van der Waals surface area contributed by atoms with E-state index in [1.165, 1.54) is 0 Å². The van der Waals surface area contributed by atoms with Gasteiger partial charge in [0.2, 0.25) is 0 Å². The molecule has 3 rings (SSSR count). The topological polar surface area (TPSA) is 60.5 Å². The Labute approximate surface area is 133 Å². The van der Waals surface area contributed by atoms with E-state index in [0.717, 1.165) is 23.5 Å². The van der Waals surface area contributed by atoms with Gasteiger partial charge in [-0.25, -0.2) is 4.98 Å². The van der Waals surface area contributed by atoms with Gasteiger partial charge in [-0.05, 0) is 38.0 Å². The SMILES string of the molecule is COc1cc(C(=O)NC2CC2)ccc1OCc1csc(C)n1. The normalized spacial score (nSPS) is 13.7. The van der Waals surface area contributed by atoms with Crippen LogP contribution in [-0.4, -0.2) is 24.0 Å². The lowest BCUT2D eigenvalue weighted by molar-refractivity contribution is 0.0950. The zero-order chi connectivity index (χ0) is 15.5. The molecule has 0 radical (unpaired) electrons. The number of methoxy groups -OCH3 is 1. The molecule has 0 saturated heterocycles. The zero-order valence-corrected chi connectivity index (χ0v) is 13.4. The molecule has 0 atom stereocenters. The molecule has 1 aromatic carbocycles. The van der Waals surface area contributed by atoms with Gasteiger partial charge in [0.25, 0.3) is 5.91 Å². The average Bonchev–Trinajstić information content (AvgIpc) is 3.24. The maximum atomic E-state index is 12.0. The van der Waals surface area contributed by atoms with Crippen molar-refractivity contribution in [1.82, 2.24) is 10.3 Å². The predicted molar refractivity (Wildman–Crippen MR) is 84.7 cm³/mol. The summed E-state index contributed by atoms with van der Waals surface area (Å²) >= 11 is 1.59. The molecule has 2 aromatic rings. The number of benzene rings is 1. The van der Waals surface area contributed by atoms with Gasteiger partial charge < -0.3 is 14.8 Å². The first-order chi connectivity index (χ1) is 10.7. The van der Waals surface area contributed by atoms with Crippen LogP contribution in [0.2, 0.25) is 0 Å². The second-order valence-corrected chi connectivity index (χ2v) is 6.32. The van der Waals surface area contributed by atoms with Crippen LogP contribution in [0.3, 0.4) is 0 Å². The van der Waals surface area contributed by atoms with Gasteiger partial charge in [-0.15, -0.1) is 11.3 Å². The second kappa shape index (κ2) is 6.36. The number of rotatable bonds is 6. The number of ether oxygens (including phenoxy) is 2. The summed E-state index contributed by atoms with van der Waals surface area (Å²) in [7, 11) is 1.57. The Morgan fingerprint density at radius 1 is 1.41 bits per heavy atom. The van der Waals surface area contributed by atoms with E-state index in [1.54, 1.807) is 36.6 Å². The van der Waals surface area contributed by atoms with Crippen LogP contribution >= 0.6 is 11.3 Å². The number of carbonyl (C=O) groups is 1. The van der Waals surface area contributed by atoms with Gasteiger partial charge in [0.05, 0.1) is 17.8 Å². The van der Waals surface area contributed by atoms with Crippen molar-refractivity contribution >= 4 is 17.2 Å². The number of aromatic nitrogens is 1. The quantitative estimate of drug-likeness (QED) is 0.889. The van der Waals surface area contributed by atoms with Crippen molar-refractivity contribution in [2.24, 2.45) is 0 Å². The fourth-order valence-corrected chi connectivity index (χ4v) is 2.65. The van der Waals surface area contributed by atoms with Crippen LogP contribution in [0.1, 0.15) is 33.9 Å². The molecule has 5 nitrogen and oxygen atoms in total. The second-order valence-electron chi connectivity index (χ2n) is 5.26. The Bertz CT molecular complexity index is 680. The van der Waals surface area contributed by atoms with E-state index in [4.69, 9.17) is 9.47 Å². The Kier molecular flexibility index (Phi) is 4.29. The van der Waals surface area contributed by atoms with Gasteiger partial charge in [-0.2, -0.15) is 0 Å². The molecule has 1 N–H and O–H groups in total. The van der Waals surface area contributed by atoms with E-state index in [0.29, 0.717) is 29.7 Å². The molecule has 1 saturated carbocycles. The van der Waals surface area contributed by atoms with Crippen LogP contribution < -0.4 is 14.8 Å². The van der Waals surface area contributed by atoms with Gasteiger partial charge in [0.1, 0.15) is 6.61 Å². The fraction of sp³-hybridized carbons (Fsp3) is 0.375. The van der Waals surface area contributed by atoms with Crippen molar-refractivity contribution in [3.63, 3.8) is 0 Å². The minimum Gasteiger partial charge on any atom is -0.493 e. The van der Waals surface area contributed by atoms with E-state index >= 15 is 0 Å². The molecule has 1 aromatic heterocycles. The van der Waals surface area contributed by atoms with Gasteiger partial charge in [-0.3, -0.25) is 4.79 Å². The highest BCUT2D eigenvalue weighted by Gasteiger charge is 2.24. The van der Waals surface area contributed by atoms with Crippen molar-refractivity contribution in [3.8, 4) is 11.5 Å². The lowest BCUT2D eigenvalue weighted by atomic mass is 10.2. The third-order valence-electron chi connectivity index (χ3n) is 3.38. The molecule has 0 spiro atoms. The van der Waals surface area contributed by atoms with Crippen LogP contribution in [-0.2, 0) is 6.61 Å². The number of carbonyl (C=O) groups excluding carboxylic acids is 1. The molecule has 1 aliphatic rings. The van der Waals surface area contributed by atoms with Crippen LogP contribution in [0, 0.1) is 6.92 Å². The van der Waals surface area contributed by atoms with E-state index < -0.39 is 0 Å². The highest BCUT2D eigenvalue weighted by atomic mass is 32.1. The Morgan fingerprint density at radius 2 is 2.23 bits per heavy atom. The molecular formula is C16H18N2O3S. The van der Waals surface area contributed by atoms with E-state index in [2.05, 4.69) is 10.3 Å². The minimum absolute atomic E-state index is 0.0672. The Morgan fingerprint density at radius 3 is 2.86 bits per heavy atom. The van der Waals surface area contributed by atoms with Crippen LogP contribution in [0.5, 0.6) is 11.5 Å². The number of amides is 1. The number of nitrogens with one attached hydrogen (secondary N) is 1. The summed E-state index contributed by atoms with van der Waals surface area (Å²) in [6.07, 6.45) is 2.13. The number of aryl methyl sites for hydroxylation is 1. The summed E-state index contributed by atoms with van der Waals surface area (Å²) in [5.41, 5.74) is 1.47. The summed E-state index contributed by atoms with van der Waals surface area (Å²) in [6.45, 7) is 2.34. The average molecular weight is 318 g/mol. The number of hydrogen-bond donors (Lipinski definition) is 1. The molecule has 0 aliphatic heterocycles. The Hall–Kier alpha value is -2.08. The van der Waals surface area contributed by atoms with E-state index in [-0.39, 0.29) is 5.91 Å². The van der Waals surface area contributed by atoms with Crippen molar-refractivity contribution in [1.29, 1.82) is 0 Å². The summed E-state index contributed by atoms with van der Waals surface area (Å²) in [5.74, 6) is 1.09. The molecule has 1 amide bonds. The van der Waals surface area contributed by atoms with Crippen molar-refractivity contribution in [2.75, 3.05) is 7.11 Å². The zero-order valence-electron chi connectivity index (χ0n) is 12.6. The van der Waals surface area contributed by atoms with Crippen LogP contribution in [0.25, 0.3) is 0 Å². The number of hydrogen-bond acceptors (Lipinski definition) is 5. The Balaban J connectivity index is 1.69. The van der Waals surface area contributed by atoms with Gasteiger partial charge in [0.15, 0.2) is 11.5 Å². The van der Waals surface area contributed by atoms with Crippen LogP contribution in [0.4, 0.5) is 0 Å². The van der Waals surface area contributed by atoms with Gasteiger partial charge in [-0.1, -0.05) is 0 Å². The summed E-state index contributed by atoms with van der Waals surface area (Å²) in [5, 5.41) is 5.94. The first-order valence-corrected chi connectivity index (χ1v) is 8.06. The molecular weight excluding hydrogens is 300 g/mol. The molecule has 0 bridgehead atoms. The first-order valence-electron chi connectivity index (χ1n) is 7.18. The largest absolute Gasteiger partial charge is 0.493 e. The molecule has 22 heavy (non-hydrogen) atoms.